The Morgan fingerprint density at radius 3 is 2.33 bits per heavy atom. The minimum atomic E-state index is -0.166. The minimum Gasteiger partial charge on any atom is -0.314 e. The summed E-state index contributed by atoms with van der Waals surface area (Å²) in [6.07, 6.45) is 4.25. The zero-order chi connectivity index (χ0) is 14.9. The lowest BCUT2D eigenvalue weighted by Crippen LogP contribution is -2.32. The molecule has 0 fully saturated rings. The van der Waals surface area contributed by atoms with Crippen LogP contribution in [0, 0.1) is 5.82 Å². The van der Waals surface area contributed by atoms with E-state index in [1.165, 1.54) is 11.1 Å². The first-order chi connectivity index (χ1) is 10.3. The fourth-order valence-corrected chi connectivity index (χ4v) is 2.52. The third kappa shape index (κ3) is 5.68. The van der Waals surface area contributed by atoms with Crippen LogP contribution in [0.15, 0.2) is 54.6 Å². The highest BCUT2D eigenvalue weighted by molar-refractivity contribution is 5.18. The maximum absolute atomic E-state index is 13.0. The number of aryl methyl sites for hydroxylation is 1. The van der Waals surface area contributed by atoms with Gasteiger partial charge in [0.25, 0.3) is 0 Å². The first-order valence-electron chi connectivity index (χ1n) is 7.79. The monoisotopic (exact) mass is 285 g/mol. The van der Waals surface area contributed by atoms with Crippen LogP contribution in [-0.2, 0) is 12.8 Å². The molecule has 2 aromatic rings. The van der Waals surface area contributed by atoms with Gasteiger partial charge >= 0.3 is 0 Å². The van der Waals surface area contributed by atoms with Crippen LogP contribution in [0.2, 0.25) is 0 Å². The molecule has 0 radical (unpaired) electrons. The average Bonchev–Trinajstić information content (AvgIpc) is 2.53. The molecule has 0 saturated heterocycles. The second-order valence-corrected chi connectivity index (χ2v) is 5.51. The fourth-order valence-electron chi connectivity index (χ4n) is 2.52. The molecule has 0 heterocycles. The van der Waals surface area contributed by atoms with E-state index in [2.05, 4.69) is 42.6 Å². The van der Waals surface area contributed by atoms with Crippen LogP contribution in [0.5, 0.6) is 0 Å². The molecule has 1 atom stereocenters. The largest absolute Gasteiger partial charge is 0.314 e. The Morgan fingerprint density at radius 2 is 1.67 bits per heavy atom. The van der Waals surface area contributed by atoms with E-state index in [4.69, 9.17) is 0 Å². The third-order valence-corrected chi connectivity index (χ3v) is 3.70. The van der Waals surface area contributed by atoms with Crippen LogP contribution in [0.25, 0.3) is 0 Å². The zero-order valence-corrected chi connectivity index (χ0v) is 12.7. The smallest absolute Gasteiger partial charge is 0.123 e. The summed E-state index contributed by atoms with van der Waals surface area (Å²) in [4.78, 5) is 0. The van der Waals surface area contributed by atoms with Gasteiger partial charge in [-0.1, -0.05) is 49.4 Å². The standard InChI is InChI=1S/C19H24FN/c1-2-14-21-19(13-10-16-6-4-3-5-7-16)15-17-8-11-18(20)12-9-17/h3-9,11-12,19,21H,2,10,13-15H2,1H3. The molecule has 0 aliphatic carbocycles. The molecule has 2 aromatic carbocycles. The molecule has 0 aromatic heterocycles. The maximum atomic E-state index is 13.0. The van der Waals surface area contributed by atoms with Crippen LogP contribution in [0.3, 0.4) is 0 Å². The molecule has 0 saturated carbocycles. The fraction of sp³-hybridized carbons (Fsp3) is 0.368. The van der Waals surface area contributed by atoms with E-state index in [0.717, 1.165) is 32.2 Å². The predicted molar refractivity (Wildman–Crippen MR) is 86.9 cm³/mol. The van der Waals surface area contributed by atoms with E-state index in [-0.39, 0.29) is 5.82 Å². The van der Waals surface area contributed by atoms with Crippen molar-refractivity contribution in [3.05, 3.63) is 71.5 Å². The van der Waals surface area contributed by atoms with Crippen molar-refractivity contribution < 1.29 is 4.39 Å². The van der Waals surface area contributed by atoms with Gasteiger partial charge in [0, 0.05) is 6.04 Å². The van der Waals surface area contributed by atoms with Gasteiger partial charge in [-0.05, 0) is 55.5 Å². The Morgan fingerprint density at radius 1 is 0.952 bits per heavy atom. The normalized spacial score (nSPS) is 12.3. The first kappa shape index (κ1) is 15.7. The van der Waals surface area contributed by atoms with Gasteiger partial charge in [0.05, 0.1) is 0 Å². The van der Waals surface area contributed by atoms with Gasteiger partial charge in [-0.15, -0.1) is 0 Å². The molecule has 1 nitrogen and oxygen atoms in total. The van der Waals surface area contributed by atoms with Crippen molar-refractivity contribution in [2.75, 3.05) is 6.54 Å². The molecule has 0 aliphatic heterocycles. The molecule has 1 N–H and O–H groups in total. The topological polar surface area (TPSA) is 12.0 Å². The highest BCUT2D eigenvalue weighted by Crippen LogP contribution is 2.11. The summed E-state index contributed by atoms with van der Waals surface area (Å²) in [5.74, 6) is -0.166. The zero-order valence-electron chi connectivity index (χ0n) is 12.7. The van der Waals surface area contributed by atoms with Crippen molar-refractivity contribution in [1.82, 2.24) is 5.32 Å². The Labute approximate surface area is 127 Å². The number of hydrogen-bond donors (Lipinski definition) is 1. The lowest BCUT2D eigenvalue weighted by molar-refractivity contribution is 0.477. The van der Waals surface area contributed by atoms with Crippen molar-refractivity contribution in [2.45, 2.75) is 38.6 Å². The summed E-state index contributed by atoms with van der Waals surface area (Å²) >= 11 is 0. The molecular weight excluding hydrogens is 261 g/mol. The molecule has 112 valence electrons. The maximum Gasteiger partial charge on any atom is 0.123 e. The summed E-state index contributed by atoms with van der Waals surface area (Å²) in [7, 11) is 0. The average molecular weight is 285 g/mol. The molecular formula is C19H24FN. The third-order valence-electron chi connectivity index (χ3n) is 3.70. The van der Waals surface area contributed by atoms with Crippen molar-refractivity contribution >= 4 is 0 Å². The second-order valence-electron chi connectivity index (χ2n) is 5.51. The number of halogens is 1. The van der Waals surface area contributed by atoms with Gasteiger partial charge in [0.2, 0.25) is 0 Å². The molecule has 2 rings (SSSR count). The Hall–Kier alpha value is -1.67. The lowest BCUT2D eigenvalue weighted by atomic mass is 9.99. The van der Waals surface area contributed by atoms with E-state index in [9.17, 15) is 4.39 Å². The number of hydrogen-bond acceptors (Lipinski definition) is 1. The van der Waals surface area contributed by atoms with Gasteiger partial charge in [0.15, 0.2) is 0 Å². The van der Waals surface area contributed by atoms with Crippen molar-refractivity contribution in [3.63, 3.8) is 0 Å². The summed E-state index contributed by atoms with van der Waals surface area (Å²) in [6, 6.07) is 17.9. The van der Waals surface area contributed by atoms with Gasteiger partial charge in [0.1, 0.15) is 5.82 Å². The predicted octanol–water partition coefficient (Wildman–Crippen LogP) is 4.37. The van der Waals surface area contributed by atoms with Gasteiger partial charge in [-0.25, -0.2) is 4.39 Å². The molecule has 1 unspecified atom stereocenters. The summed E-state index contributed by atoms with van der Waals surface area (Å²) in [6.45, 7) is 3.21. The number of nitrogens with one attached hydrogen (secondary N) is 1. The van der Waals surface area contributed by atoms with Crippen LogP contribution < -0.4 is 5.32 Å². The van der Waals surface area contributed by atoms with Gasteiger partial charge < -0.3 is 5.32 Å². The van der Waals surface area contributed by atoms with Crippen molar-refractivity contribution in [2.24, 2.45) is 0 Å². The second kappa shape index (κ2) is 8.58. The van der Waals surface area contributed by atoms with Gasteiger partial charge in [-0.2, -0.15) is 0 Å². The SMILES string of the molecule is CCCNC(CCc1ccccc1)Cc1ccc(F)cc1. The molecule has 0 bridgehead atoms. The van der Waals surface area contributed by atoms with Crippen LogP contribution in [0.1, 0.15) is 30.9 Å². The van der Waals surface area contributed by atoms with Crippen LogP contribution >= 0.6 is 0 Å². The quantitative estimate of drug-likeness (QED) is 0.759. The summed E-state index contributed by atoms with van der Waals surface area (Å²) in [5.41, 5.74) is 2.57. The van der Waals surface area contributed by atoms with Gasteiger partial charge in [-0.3, -0.25) is 0 Å². The summed E-state index contributed by atoms with van der Waals surface area (Å²) in [5, 5.41) is 3.61. The molecule has 0 spiro atoms. The molecule has 0 aliphatic rings. The van der Waals surface area contributed by atoms with Crippen molar-refractivity contribution in [3.8, 4) is 0 Å². The summed E-state index contributed by atoms with van der Waals surface area (Å²) < 4.78 is 13.0. The lowest BCUT2D eigenvalue weighted by Gasteiger charge is -2.19. The number of benzene rings is 2. The minimum absolute atomic E-state index is 0.166. The molecule has 0 amide bonds. The first-order valence-corrected chi connectivity index (χ1v) is 7.79. The van der Waals surface area contributed by atoms with Crippen LogP contribution in [-0.4, -0.2) is 12.6 Å². The van der Waals surface area contributed by atoms with E-state index < -0.39 is 0 Å². The van der Waals surface area contributed by atoms with E-state index >= 15 is 0 Å². The highest BCUT2D eigenvalue weighted by atomic mass is 19.1. The van der Waals surface area contributed by atoms with E-state index in [1.807, 2.05) is 12.1 Å². The highest BCUT2D eigenvalue weighted by Gasteiger charge is 2.09. The van der Waals surface area contributed by atoms with E-state index in [1.54, 1.807) is 12.1 Å². The molecule has 21 heavy (non-hydrogen) atoms. The Kier molecular flexibility index (Phi) is 6.42. The Bertz CT molecular complexity index is 507. The van der Waals surface area contributed by atoms with Crippen molar-refractivity contribution in [1.29, 1.82) is 0 Å². The van der Waals surface area contributed by atoms with Crippen LogP contribution in [0.4, 0.5) is 4.39 Å². The number of rotatable bonds is 8. The van der Waals surface area contributed by atoms with E-state index in [0.29, 0.717) is 6.04 Å². The Balaban J connectivity index is 1.92. The molecule has 2 heteroatoms.